The van der Waals surface area contributed by atoms with E-state index in [4.69, 9.17) is 4.74 Å². The molecule has 80 valence electrons. The number of nitrogens with one attached hydrogen (secondary N) is 1. The molecule has 1 saturated heterocycles. The van der Waals surface area contributed by atoms with Crippen molar-refractivity contribution in [2.45, 2.75) is 69.1 Å². The van der Waals surface area contributed by atoms with Gasteiger partial charge < -0.3 is 10.1 Å². The molecule has 1 heterocycles. The molecule has 0 aromatic rings. The highest BCUT2D eigenvalue weighted by molar-refractivity contribution is 5.01. The van der Waals surface area contributed by atoms with Crippen molar-refractivity contribution in [3.05, 3.63) is 0 Å². The molecule has 3 rings (SSSR count). The molecule has 3 aliphatic rings. The molecule has 2 nitrogen and oxygen atoms in total. The third-order valence-corrected chi connectivity index (χ3v) is 4.18. The fraction of sp³-hybridized carbons (Fsp3) is 1.00. The van der Waals surface area contributed by atoms with Crippen LogP contribution in [0, 0.1) is 0 Å². The van der Waals surface area contributed by atoms with Crippen molar-refractivity contribution < 1.29 is 4.74 Å². The van der Waals surface area contributed by atoms with Crippen molar-refractivity contribution in [2.75, 3.05) is 6.54 Å². The minimum absolute atomic E-state index is 0.142. The van der Waals surface area contributed by atoms with Crippen LogP contribution in [0.15, 0.2) is 0 Å². The number of rotatable bonds is 3. The number of hydrogen-bond donors (Lipinski definition) is 1. The summed E-state index contributed by atoms with van der Waals surface area (Å²) < 4.78 is 6.29. The fourth-order valence-corrected chi connectivity index (χ4v) is 2.81. The van der Waals surface area contributed by atoms with Crippen molar-refractivity contribution in [1.82, 2.24) is 5.32 Å². The molecule has 1 unspecified atom stereocenters. The van der Waals surface area contributed by atoms with Gasteiger partial charge in [0.2, 0.25) is 0 Å². The molecule has 1 atom stereocenters. The Kier molecular flexibility index (Phi) is 1.94. The minimum atomic E-state index is 0.142. The summed E-state index contributed by atoms with van der Waals surface area (Å²) in [5.41, 5.74) is 0.461. The average Bonchev–Trinajstić information content (AvgIpc) is 2.85. The molecular formula is C12H21NO. The van der Waals surface area contributed by atoms with Gasteiger partial charge >= 0.3 is 0 Å². The molecule has 0 aromatic carbocycles. The van der Waals surface area contributed by atoms with E-state index in [2.05, 4.69) is 12.2 Å². The number of ether oxygens (including phenoxy) is 1. The summed E-state index contributed by atoms with van der Waals surface area (Å²) in [7, 11) is 0. The second-order valence-electron chi connectivity index (χ2n) is 5.74. The maximum atomic E-state index is 6.29. The van der Waals surface area contributed by atoms with Crippen molar-refractivity contribution in [1.29, 1.82) is 0 Å². The maximum absolute atomic E-state index is 6.29. The predicted molar refractivity (Wildman–Crippen MR) is 56.3 cm³/mol. The lowest BCUT2D eigenvalue weighted by Crippen LogP contribution is -2.44. The molecule has 0 amide bonds. The zero-order chi connectivity index (χ0) is 9.65. The monoisotopic (exact) mass is 195 g/mol. The van der Waals surface area contributed by atoms with Crippen LogP contribution in [0.5, 0.6) is 0 Å². The Morgan fingerprint density at radius 1 is 1.21 bits per heavy atom. The van der Waals surface area contributed by atoms with Gasteiger partial charge in [-0.1, -0.05) is 0 Å². The highest BCUT2D eigenvalue weighted by Gasteiger charge is 2.49. The van der Waals surface area contributed by atoms with E-state index >= 15 is 0 Å². The fourth-order valence-electron chi connectivity index (χ4n) is 2.81. The molecule has 2 aliphatic carbocycles. The first-order valence-corrected chi connectivity index (χ1v) is 6.13. The second kappa shape index (κ2) is 2.96. The number of hydrogen-bond acceptors (Lipinski definition) is 2. The Bertz CT molecular complexity index is 232. The van der Waals surface area contributed by atoms with Crippen LogP contribution < -0.4 is 5.32 Å². The van der Waals surface area contributed by atoms with Crippen LogP contribution in [0.1, 0.15) is 51.9 Å². The summed E-state index contributed by atoms with van der Waals surface area (Å²) in [4.78, 5) is 0. The zero-order valence-electron chi connectivity index (χ0n) is 9.14. The van der Waals surface area contributed by atoms with Crippen LogP contribution >= 0.6 is 0 Å². The standard InChI is InChI=1S/C12H21NO/c1-11(9-13-10-3-4-10)7-8-12(14-11)5-2-6-12/h10,13H,2-9H2,1H3. The van der Waals surface area contributed by atoms with Crippen molar-refractivity contribution >= 4 is 0 Å². The first-order valence-electron chi connectivity index (χ1n) is 6.13. The van der Waals surface area contributed by atoms with Crippen molar-refractivity contribution in [2.24, 2.45) is 0 Å². The van der Waals surface area contributed by atoms with Crippen LogP contribution in [0.25, 0.3) is 0 Å². The van der Waals surface area contributed by atoms with Gasteiger partial charge in [0.1, 0.15) is 0 Å². The zero-order valence-corrected chi connectivity index (χ0v) is 9.14. The van der Waals surface area contributed by atoms with E-state index in [1.807, 2.05) is 0 Å². The quantitative estimate of drug-likeness (QED) is 0.745. The lowest BCUT2D eigenvalue weighted by Gasteiger charge is -2.40. The van der Waals surface area contributed by atoms with E-state index in [0.717, 1.165) is 12.6 Å². The van der Waals surface area contributed by atoms with E-state index < -0.39 is 0 Å². The van der Waals surface area contributed by atoms with Gasteiger partial charge in [-0.05, 0) is 51.9 Å². The maximum Gasteiger partial charge on any atom is 0.0787 e. The normalized spacial score (nSPS) is 40.1. The van der Waals surface area contributed by atoms with Gasteiger partial charge in [-0.3, -0.25) is 0 Å². The molecule has 3 fully saturated rings. The average molecular weight is 195 g/mol. The van der Waals surface area contributed by atoms with Crippen LogP contribution in [-0.2, 0) is 4.74 Å². The highest BCUT2D eigenvalue weighted by atomic mass is 16.5. The first-order chi connectivity index (χ1) is 6.70. The molecule has 1 spiro atoms. The van der Waals surface area contributed by atoms with Gasteiger partial charge in [0.15, 0.2) is 0 Å². The van der Waals surface area contributed by atoms with Crippen LogP contribution in [-0.4, -0.2) is 23.8 Å². The van der Waals surface area contributed by atoms with E-state index in [0.29, 0.717) is 5.60 Å². The van der Waals surface area contributed by atoms with E-state index in [1.165, 1.54) is 44.9 Å². The van der Waals surface area contributed by atoms with Gasteiger partial charge in [-0.25, -0.2) is 0 Å². The van der Waals surface area contributed by atoms with Crippen molar-refractivity contribution in [3.8, 4) is 0 Å². The molecule has 14 heavy (non-hydrogen) atoms. The summed E-state index contributed by atoms with van der Waals surface area (Å²) in [6.45, 7) is 3.36. The van der Waals surface area contributed by atoms with Crippen LogP contribution in [0.4, 0.5) is 0 Å². The SMILES string of the molecule is CC1(CNC2CC2)CCC2(CCC2)O1. The van der Waals surface area contributed by atoms with Crippen molar-refractivity contribution in [3.63, 3.8) is 0 Å². The first kappa shape index (κ1) is 9.17. The highest BCUT2D eigenvalue weighted by Crippen LogP contribution is 2.49. The summed E-state index contributed by atoms with van der Waals surface area (Å²) in [6, 6.07) is 0.813. The largest absolute Gasteiger partial charge is 0.368 e. The molecule has 2 heteroatoms. The molecule has 1 aliphatic heterocycles. The molecule has 0 bridgehead atoms. The smallest absolute Gasteiger partial charge is 0.0787 e. The minimum Gasteiger partial charge on any atom is -0.368 e. The summed E-state index contributed by atoms with van der Waals surface area (Å²) >= 11 is 0. The predicted octanol–water partition coefficient (Wildman–Crippen LogP) is 2.23. The molecule has 2 saturated carbocycles. The molecule has 0 aromatic heterocycles. The summed E-state index contributed by atoms with van der Waals surface area (Å²) in [5.74, 6) is 0. The Balaban J connectivity index is 1.55. The molecule has 1 N–H and O–H groups in total. The lowest BCUT2D eigenvalue weighted by molar-refractivity contribution is -0.132. The van der Waals surface area contributed by atoms with E-state index in [-0.39, 0.29) is 5.60 Å². The van der Waals surface area contributed by atoms with Gasteiger partial charge in [-0.15, -0.1) is 0 Å². The Labute approximate surface area is 86.4 Å². The third kappa shape index (κ3) is 1.59. The van der Waals surface area contributed by atoms with Crippen LogP contribution in [0.3, 0.4) is 0 Å². The van der Waals surface area contributed by atoms with Crippen LogP contribution in [0.2, 0.25) is 0 Å². The molecular weight excluding hydrogens is 174 g/mol. The Morgan fingerprint density at radius 2 is 2.00 bits per heavy atom. The van der Waals surface area contributed by atoms with Gasteiger partial charge in [0.05, 0.1) is 11.2 Å². The summed E-state index contributed by atoms with van der Waals surface area (Å²) in [6.07, 6.45) is 9.31. The van der Waals surface area contributed by atoms with Gasteiger partial charge in [0, 0.05) is 12.6 Å². The second-order valence-corrected chi connectivity index (χ2v) is 5.74. The topological polar surface area (TPSA) is 21.3 Å². The van der Waals surface area contributed by atoms with E-state index in [1.54, 1.807) is 0 Å². The Hall–Kier alpha value is -0.0800. The van der Waals surface area contributed by atoms with E-state index in [9.17, 15) is 0 Å². The third-order valence-electron chi connectivity index (χ3n) is 4.18. The lowest BCUT2D eigenvalue weighted by atomic mass is 9.78. The molecule has 0 radical (unpaired) electrons. The van der Waals surface area contributed by atoms with Gasteiger partial charge in [0.25, 0.3) is 0 Å². The Morgan fingerprint density at radius 3 is 2.50 bits per heavy atom. The summed E-state index contributed by atoms with van der Waals surface area (Å²) in [5, 5.41) is 3.60. The van der Waals surface area contributed by atoms with Gasteiger partial charge in [-0.2, -0.15) is 0 Å².